The molecule has 6 heteroatoms. The van der Waals surface area contributed by atoms with Crippen molar-refractivity contribution in [3.63, 3.8) is 0 Å². The van der Waals surface area contributed by atoms with E-state index in [0.717, 1.165) is 24.0 Å². The van der Waals surface area contributed by atoms with Gasteiger partial charge in [-0.2, -0.15) is 0 Å². The molecule has 0 radical (unpaired) electrons. The number of hydrogen-bond donors (Lipinski definition) is 0. The number of anilines is 1. The van der Waals surface area contributed by atoms with Gasteiger partial charge in [0, 0.05) is 13.1 Å². The molecule has 1 aliphatic rings. The van der Waals surface area contributed by atoms with Crippen LogP contribution in [-0.4, -0.2) is 38.9 Å². The first-order chi connectivity index (χ1) is 13.3. The highest BCUT2D eigenvalue weighted by atomic mass is 32.2. The number of carbonyl (C=O) groups is 1. The summed E-state index contributed by atoms with van der Waals surface area (Å²) < 4.78 is 28.0. The maximum absolute atomic E-state index is 13.4. The summed E-state index contributed by atoms with van der Waals surface area (Å²) in [6.45, 7) is 7.17. The van der Waals surface area contributed by atoms with Crippen LogP contribution >= 0.6 is 0 Å². The Kier molecular flexibility index (Phi) is 6.08. The van der Waals surface area contributed by atoms with E-state index in [9.17, 15) is 13.2 Å². The molecule has 0 aromatic heterocycles. The zero-order chi connectivity index (χ0) is 20.3. The molecule has 3 rings (SSSR count). The number of likely N-dealkylation sites (tertiary alicyclic amines) is 1. The first-order valence-electron chi connectivity index (χ1n) is 9.71. The molecule has 150 valence electrons. The average molecular weight is 401 g/mol. The van der Waals surface area contributed by atoms with Crippen LogP contribution in [0.25, 0.3) is 0 Å². The zero-order valence-electron chi connectivity index (χ0n) is 16.8. The summed E-state index contributed by atoms with van der Waals surface area (Å²) >= 11 is 0. The monoisotopic (exact) mass is 400 g/mol. The minimum Gasteiger partial charge on any atom is -0.341 e. The number of sulfonamides is 1. The second-order valence-electron chi connectivity index (χ2n) is 7.76. The molecule has 28 heavy (non-hydrogen) atoms. The Morgan fingerprint density at radius 3 is 2.36 bits per heavy atom. The van der Waals surface area contributed by atoms with Crippen molar-refractivity contribution in [1.82, 2.24) is 4.90 Å². The van der Waals surface area contributed by atoms with Crippen molar-refractivity contribution in [2.24, 2.45) is 5.92 Å². The molecule has 1 amide bonds. The van der Waals surface area contributed by atoms with Gasteiger partial charge in [-0.3, -0.25) is 9.10 Å². The fourth-order valence-corrected chi connectivity index (χ4v) is 5.19. The summed E-state index contributed by atoms with van der Waals surface area (Å²) in [6, 6.07) is 13.9. The van der Waals surface area contributed by atoms with Gasteiger partial charge >= 0.3 is 0 Å². The maximum Gasteiger partial charge on any atom is 0.264 e. The summed E-state index contributed by atoms with van der Waals surface area (Å²) in [5.74, 6) is 0.295. The molecule has 1 saturated heterocycles. The molecule has 0 spiro atoms. The van der Waals surface area contributed by atoms with Crippen molar-refractivity contribution in [3.05, 3.63) is 59.7 Å². The average Bonchev–Trinajstić information content (AvgIpc) is 2.65. The molecule has 1 fully saturated rings. The molecule has 2 aromatic carbocycles. The number of aryl methyl sites for hydroxylation is 2. The van der Waals surface area contributed by atoms with Crippen LogP contribution in [-0.2, 0) is 14.8 Å². The van der Waals surface area contributed by atoms with Gasteiger partial charge in [0.15, 0.2) is 0 Å². The third kappa shape index (κ3) is 4.55. The Morgan fingerprint density at radius 2 is 1.75 bits per heavy atom. The number of amides is 1. The predicted octanol–water partition coefficient (Wildman–Crippen LogP) is 3.76. The van der Waals surface area contributed by atoms with Crippen LogP contribution in [0, 0.1) is 19.8 Å². The minimum absolute atomic E-state index is 0.148. The van der Waals surface area contributed by atoms with E-state index in [1.54, 1.807) is 35.2 Å². The van der Waals surface area contributed by atoms with E-state index in [1.165, 1.54) is 4.31 Å². The fourth-order valence-electron chi connectivity index (χ4n) is 3.77. The Hall–Kier alpha value is -2.34. The lowest BCUT2D eigenvalue weighted by molar-refractivity contribution is -0.131. The summed E-state index contributed by atoms with van der Waals surface area (Å²) in [7, 11) is -3.85. The van der Waals surface area contributed by atoms with Crippen LogP contribution in [0.5, 0.6) is 0 Å². The van der Waals surface area contributed by atoms with E-state index < -0.39 is 10.0 Å². The van der Waals surface area contributed by atoms with Crippen molar-refractivity contribution < 1.29 is 13.2 Å². The number of carbonyl (C=O) groups excluding carboxylic acids is 1. The SMILES string of the molecule is Cc1cc(C)cc(N(CC(=O)N2CCC[C@@H](C)C2)S(=O)(=O)c2ccccc2)c1. The van der Waals surface area contributed by atoms with Gasteiger partial charge in [-0.25, -0.2) is 8.42 Å². The van der Waals surface area contributed by atoms with Crippen molar-refractivity contribution in [2.75, 3.05) is 23.9 Å². The van der Waals surface area contributed by atoms with Crippen LogP contribution in [0.1, 0.15) is 30.9 Å². The Bertz CT molecular complexity index is 921. The quantitative estimate of drug-likeness (QED) is 0.768. The van der Waals surface area contributed by atoms with E-state index in [1.807, 2.05) is 32.0 Å². The lowest BCUT2D eigenvalue weighted by Crippen LogP contribution is -2.46. The molecule has 2 aromatic rings. The molecule has 0 bridgehead atoms. The summed E-state index contributed by atoms with van der Waals surface area (Å²) in [5, 5.41) is 0. The second-order valence-corrected chi connectivity index (χ2v) is 9.62. The molecular weight excluding hydrogens is 372 g/mol. The number of hydrogen-bond acceptors (Lipinski definition) is 3. The van der Waals surface area contributed by atoms with Crippen molar-refractivity contribution in [3.8, 4) is 0 Å². The molecular formula is C22H28N2O3S. The van der Waals surface area contributed by atoms with Gasteiger partial charge in [-0.1, -0.05) is 31.2 Å². The topological polar surface area (TPSA) is 57.7 Å². The smallest absolute Gasteiger partial charge is 0.264 e. The lowest BCUT2D eigenvalue weighted by atomic mass is 10.0. The molecule has 5 nitrogen and oxygen atoms in total. The molecule has 0 aliphatic carbocycles. The van der Waals surface area contributed by atoms with Gasteiger partial charge in [0.2, 0.25) is 5.91 Å². The lowest BCUT2D eigenvalue weighted by Gasteiger charge is -2.33. The van der Waals surface area contributed by atoms with Gasteiger partial charge in [-0.15, -0.1) is 0 Å². The predicted molar refractivity (Wildman–Crippen MR) is 112 cm³/mol. The molecule has 0 saturated carbocycles. The highest BCUT2D eigenvalue weighted by Gasteiger charge is 2.30. The molecule has 1 atom stereocenters. The van der Waals surface area contributed by atoms with E-state index >= 15 is 0 Å². The Balaban J connectivity index is 1.98. The van der Waals surface area contributed by atoms with E-state index in [0.29, 0.717) is 24.7 Å². The molecule has 0 unspecified atom stereocenters. The third-order valence-corrected chi connectivity index (χ3v) is 6.90. The summed E-state index contributed by atoms with van der Waals surface area (Å²) in [6.07, 6.45) is 2.06. The molecule has 1 heterocycles. The maximum atomic E-state index is 13.4. The highest BCUT2D eigenvalue weighted by molar-refractivity contribution is 7.92. The fraction of sp³-hybridized carbons (Fsp3) is 0.409. The number of rotatable bonds is 5. The largest absolute Gasteiger partial charge is 0.341 e. The standard InChI is InChI=1S/C22H28N2O3S/c1-17-8-7-11-23(15-17)22(25)16-24(20-13-18(2)12-19(3)14-20)28(26,27)21-9-5-4-6-10-21/h4-6,9-10,12-14,17H,7-8,11,15-16H2,1-3H3/t17-/m1/s1. The van der Waals surface area contributed by atoms with Crippen molar-refractivity contribution in [2.45, 2.75) is 38.5 Å². The van der Waals surface area contributed by atoms with Crippen LogP contribution in [0.15, 0.2) is 53.4 Å². The Labute approximate surface area is 168 Å². The Morgan fingerprint density at radius 1 is 1.11 bits per heavy atom. The number of nitrogens with zero attached hydrogens (tertiary/aromatic N) is 2. The van der Waals surface area contributed by atoms with Crippen LogP contribution in [0.4, 0.5) is 5.69 Å². The molecule has 0 N–H and O–H groups in total. The normalized spacial score (nSPS) is 17.4. The van der Waals surface area contributed by atoms with Gasteiger partial charge < -0.3 is 4.90 Å². The van der Waals surface area contributed by atoms with Crippen LogP contribution < -0.4 is 4.31 Å². The number of piperidine rings is 1. The van der Waals surface area contributed by atoms with Crippen molar-refractivity contribution in [1.29, 1.82) is 0 Å². The number of benzene rings is 2. The minimum atomic E-state index is -3.85. The third-order valence-electron chi connectivity index (χ3n) is 5.11. The van der Waals surface area contributed by atoms with Crippen LogP contribution in [0.3, 0.4) is 0 Å². The van der Waals surface area contributed by atoms with E-state index in [2.05, 4.69) is 6.92 Å². The van der Waals surface area contributed by atoms with Gasteiger partial charge in [-0.05, 0) is 68.0 Å². The highest BCUT2D eigenvalue weighted by Crippen LogP contribution is 2.26. The van der Waals surface area contributed by atoms with Gasteiger partial charge in [0.1, 0.15) is 6.54 Å². The zero-order valence-corrected chi connectivity index (χ0v) is 17.6. The summed E-state index contributed by atoms with van der Waals surface area (Å²) in [5.41, 5.74) is 2.45. The molecule has 1 aliphatic heterocycles. The van der Waals surface area contributed by atoms with Gasteiger partial charge in [0.25, 0.3) is 10.0 Å². The second kappa shape index (κ2) is 8.35. The van der Waals surface area contributed by atoms with Crippen LogP contribution in [0.2, 0.25) is 0 Å². The van der Waals surface area contributed by atoms with Gasteiger partial charge in [0.05, 0.1) is 10.6 Å². The first-order valence-corrected chi connectivity index (χ1v) is 11.2. The van der Waals surface area contributed by atoms with Crippen molar-refractivity contribution >= 4 is 21.6 Å². The van der Waals surface area contributed by atoms with E-state index in [-0.39, 0.29) is 17.3 Å². The first kappa shape index (κ1) is 20.4. The van der Waals surface area contributed by atoms with E-state index in [4.69, 9.17) is 0 Å². The summed E-state index contributed by atoms with van der Waals surface area (Å²) in [4.78, 5) is 15.0.